The highest BCUT2D eigenvalue weighted by atomic mass is 19.4. The molecule has 0 aromatic carbocycles. The van der Waals surface area contributed by atoms with Crippen molar-refractivity contribution in [1.29, 1.82) is 0 Å². The van der Waals surface area contributed by atoms with Gasteiger partial charge in [0.15, 0.2) is 0 Å². The Morgan fingerprint density at radius 3 is 1.56 bits per heavy atom. The molecule has 16 heavy (non-hydrogen) atoms. The van der Waals surface area contributed by atoms with E-state index in [-0.39, 0.29) is 12.8 Å². The molecule has 2 nitrogen and oxygen atoms in total. The summed E-state index contributed by atoms with van der Waals surface area (Å²) in [5.41, 5.74) is -4.82. The molecule has 1 aliphatic carbocycles. The van der Waals surface area contributed by atoms with Gasteiger partial charge in [0.1, 0.15) is 0 Å². The van der Waals surface area contributed by atoms with Gasteiger partial charge in [-0.3, -0.25) is 0 Å². The average Bonchev–Trinajstić information content (AvgIpc) is 2.46. The van der Waals surface area contributed by atoms with Crippen molar-refractivity contribution in [1.82, 2.24) is 0 Å². The maximum Gasteiger partial charge on any atom is 0.426 e. The van der Waals surface area contributed by atoms with Crippen molar-refractivity contribution < 1.29 is 36.6 Å². The van der Waals surface area contributed by atoms with Crippen molar-refractivity contribution in [2.75, 3.05) is 0 Å². The van der Waals surface area contributed by atoms with Crippen LogP contribution in [0.5, 0.6) is 0 Å². The molecular formula is C8H10F6O2. The molecule has 2 unspecified atom stereocenters. The van der Waals surface area contributed by atoms with Gasteiger partial charge < -0.3 is 10.2 Å². The molecule has 0 radical (unpaired) electrons. The average molecular weight is 252 g/mol. The zero-order valence-corrected chi connectivity index (χ0v) is 7.94. The SMILES string of the molecule is OC1CCCC1C(O)(C(F)(F)F)C(F)(F)F. The molecule has 96 valence electrons. The van der Waals surface area contributed by atoms with Gasteiger partial charge in [0.05, 0.1) is 6.10 Å². The van der Waals surface area contributed by atoms with Gasteiger partial charge in [-0.1, -0.05) is 6.42 Å². The molecule has 2 N–H and O–H groups in total. The van der Waals surface area contributed by atoms with Gasteiger partial charge in [-0.2, -0.15) is 26.3 Å². The Balaban J connectivity index is 3.15. The van der Waals surface area contributed by atoms with Gasteiger partial charge in [0.25, 0.3) is 5.60 Å². The fourth-order valence-corrected chi connectivity index (χ4v) is 2.01. The number of alkyl halides is 6. The van der Waals surface area contributed by atoms with Crippen LogP contribution in [-0.2, 0) is 0 Å². The van der Waals surface area contributed by atoms with Crippen molar-refractivity contribution in [3.8, 4) is 0 Å². The molecular weight excluding hydrogens is 242 g/mol. The van der Waals surface area contributed by atoms with Gasteiger partial charge in [-0.25, -0.2) is 0 Å². The summed E-state index contributed by atoms with van der Waals surface area (Å²) < 4.78 is 74.1. The van der Waals surface area contributed by atoms with Crippen LogP contribution in [-0.4, -0.2) is 34.3 Å². The molecule has 1 aliphatic rings. The predicted octanol–water partition coefficient (Wildman–Crippen LogP) is 2.00. The molecule has 0 heterocycles. The Hall–Kier alpha value is -0.500. The van der Waals surface area contributed by atoms with Crippen LogP contribution < -0.4 is 0 Å². The first-order valence-electron chi connectivity index (χ1n) is 4.55. The Morgan fingerprint density at radius 2 is 1.31 bits per heavy atom. The third kappa shape index (κ3) is 1.88. The van der Waals surface area contributed by atoms with Gasteiger partial charge >= 0.3 is 12.4 Å². The number of hydrogen-bond acceptors (Lipinski definition) is 2. The molecule has 1 saturated carbocycles. The number of rotatable bonds is 1. The van der Waals surface area contributed by atoms with Crippen molar-refractivity contribution in [2.45, 2.75) is 43.3 Å². The molecule has 8 heteroatoms. The zero-order chi connectivity index (χ0) is 12.8. The summed E-state index contributed by atoms with van der Waals surface area (Å²) in [6.45, 7) is 0. The summed E-state index contributed by atoms with van der Waals surface area (Å²) >= 11 is 0. The predicted molar refractivity (Wildman–Crippen MR) is 40.4 cm³/mol. The number of hydrogen-bond donors (Lipinski definition) is 2. The summed E-state index contributed by atoms with van der Waals surface area (Å²) in [5, 5.41) is 18.0. The maximum absolute atomic E-state index is 12.3. The second-order valence-electron chi connectivity index (χ2n) is 3.87. The summed E-state index contributed by atoms with van der Waals surface area (Å²) in [6, 6.07) is 0. The van der Waals surface area contributed by atoms with E-state index in [1.807, 2.05) is 0 Å². The molecule has 0 aromatic heterocycles. The summed E-state index contributed by atoms with van der Waals surface area (Å²) in [6.07, 6.45) is -14.1. The molecule has 0 saturated heterocycles. The molecule has 0 aromatic rings. The number of halogens is 6. The van der Waals surface area contributed by atoms with Crippen LogP contribution in [0.1, 0.15) is 19.3 Å². The van der Waals surface area contributed by atoms with Crippen molar-refractivity contribution in [3.63, 3.8) is 0 Å². The van der Waals surface area contributed by atoms with E-state index in [1.54, 1.807) is 0 Å². The van der Waals surface area contributed by atoms with Crippen LogP contribution in [0, 0.1) is 5.92 Å². The van der Waals surface area contributed by atoms with E-state index in [9.17, 15) is 26.3 Å². The van der Waals surface area contributed by atoms with E-state index in [2.05, 4.69) is 0 Å². The fourth-order valence-electron chi connectivity index (χ4n) is 2.01. The normalized spacial score (nSPS) is 28.5. The summed E-state index contributed by atoms with van der Waals surface area (Å²) in [4.78, 5) is 0. The van der Waals surface area contributed by atoms with Gasteiger partial charge in [0, 0.05) is 5.92 Å². The molecule has 0 amide bonds. The van der Waals surface area contributed by atoms with E-state index < -0.39 is 36.4 Å². The quantitative estimate of drug-likeness (QED) is 0.701. The van der Waals surface area contributed by atoms with E-state index in [1.165, 1.54) is 0 Å². The minimum Gasteiger partial charge on any atom is -0.393 e. The summed E-state index contributed by atoms with van der Waals surface area (Å²) in [7, 11) is 0. The Labute approximate surface area is 86.9 Å². The van der Waals surface area contributed by atoms with E-state index in [0.29, 0.717) is 0 Å². The van der Waals surface area contributed by atoms with Crippen LogP contribution in [0.25, 0.3) is 0 Å². The monoisotopic (exact) mass is 252 g/mol. The molecule has 2 atom stereocenters. The first-order valence-corrected chi connectivity index (χ1v) is 4.55. The first kappa shape index (κ1) is 13.6. The molecule has 0 bridgehead atoms. The lowest BCUT2D eigenvalue weighted by atomic mass is 9.83. The third-order valence-corrected chi connectivity index (χ3v) is 2.88. The minimum atomic E-state index is -5.85. The Kier molecular flexibility index (Phi) is 3.19. The van der Waals surface area contributed by atoms with Crippen LogP contribution >= 0.6 is 0 Å². The zero-order valence-electron chi connectivity index (χ0n) is 7.94. The lowest BCUT2D eigenvalue weighted by Crippen LogP contribution is -2.63. The van der Waals surface area contributed by atoms with Crippen LogP contribution in [0.3, 0.4) is 0 Å². The van der Waals surface area contributed by atoms with Crippen molar-refractivity contribution in [2.24, 2.45) is 5.92 Å². The maximum atomic E-state index is 12.3. The van der Waals surface area contributed by atoms with Crippen LogP contribution in [0.15, 0.2) is 0 Å². The Morgan fingerprint density at radius 1 is 0.875 bits per heavy atom. The standard InChI is InChI=1S/C8H10F6O2/c9-7(10,11)6(16,8(12,13)14)4-2-1-3-5(4)15/h4-5,15-16H,1-3H2. The number of aliphatic hydroxyl groups excluding tert-OH is 1. The highest BCUT2D eigenvalue weighted by Crippen LogP contribution is 2.52. The van der Waals surface area contributed by atoms with E-state index in [0.717, 1.165) is 0 Å². The lowest BCUT2D eigenvalue weighted by molar-refractivity contribution is -0.389. The van der Waals surface area contributed by atoms with Gasteiger partial charge in [-0.15, -0.1) is 0 Å². The molecule has 1 rings (SSSR count). The highest BCUT2D eigenvalue weighted by Gasteiger charge is 2.74. The molecule has 1 fully saturated rings. The highest BCUT2D eigenvalue weighted by molar-refractivity contribution is 5.03. The van der Waals surface area contributed by atoms with Crippen molar-refractivity contribution in [3.05, 3.63) is 0 Å². The van der Waals surface area contributed by atoms with E-state index in [4.69, 9.17) is 10.2 Å². The fraction of sp³-hybridized carbons (Fsp3) is 1.00. The van der Waals surface area contributed by atoms with Gasteiger partial charge in [0.2, 0.25) is 0 Å². The first-order chi connectivity index (χ1) is 7.02. The lowest BCUT2D eigenvalue weighted by Gasteiger charge is -2.38. The van der Waals surface area contributed by atoms with Crippen LogP contribution in [0.2, 0.25) is 0 Å². The minimum absolute atomic E-state index is 0.0281. The second-order valence-corrected chi connectivity index (χ2v) is 3.87. The third-order valence-electron chi connectivity index (χ3n) is 2.88. The summed E-state index contributed by atoms with van der Waals surface area (Å²) in [5.74, 6) is -2.24. The second kappa shape index (κ2) is 3.76. The van der Waals surface area contributed by atoms with Crippen molar-refractivity contribution >= 4 is 0 Å². The Bertz CT molecular complexity index is 244. The molecule has 0 spiro atoms. The largest absolute Gasteiger partial charge is 0.426 e. The van der Waals surface area contributed by atoms with Crippen LogP contribution in [0.4, 0.5) is 26.3 Å². The smallest absolute Gasteiger partial charge is 0.393 e. The topological polar surface area (TPSA) is 40.5 Å². The molecule has 0 aliphatic heterocycles. The van der Waals surface area contributed by atoms with E-state index >= 15 is 0 Å². The van der Waals surface area contributed by atoms with Gasteiger partial charge in [-0.05, 0) is 12.8 Å². The number of aliphatic hydroxyl groups is 2.